The maximum absolute atomic E-state index is 13.1. The summed E-state index contributed by atoms with van der Waals surface area (Å²) >= 11 is 0. The van der Waals surface area contributed by atoms with Crippen molar-refractivity contribution in [2.45, 2.75) is 57.0 Å². The Bertz CT molecular complexity index is 818. The van der Waals surface area contributed by atoms with Crippen LogP contribution in [0.5, 0.6) is 0 Å². The number of carbonyl (C=O) groups is 2. The van der Waals surface area contributed by atoms with Crippen LogP contribution in [-0.4, -0.2) is 64.2 Å². The molecule has 2 fully saturated rings. The number of carbonyl (C=O) groups excluding carboxylic acids is 2. The molecule has 2 amide bonds. The number of likely N-dealkylation sites (tertiary alicyclic amines) is 1. The van der Waals surface area contributed by atoms with E-state index < -0.39 is 11.8 Å². The average molecular weight is 392 g/mol. The molecular weight excluding hydrogens is 366 g/mol. The first-order chi connectivity index (χ1) is 13.0. The highest BCUT2D eigenvalue weighted by Gasteiger charge is 2.50. The van der Waals surface area contributed by atoms with Gasteiger partial charge in [-0.25, -0.2) is 13.8 Å². The summed E-state index contributed by atoms with van der Waals surface area (Å²) in [6, 6.07) is 1.76. The molecular formula is C20H26F2N4O2. The molecule has 1 aromatic rings. The summed E-state index contributed by atoms with van der Waals surface area (Å²) in [6.07, 6.45) is 2.33. The summed E-state index contributed by atoms with van der Waals surface area (Å²) in [7, 11) is 1.65. The Morgan fingerprint density at radius 3 is 2.71 bits per heavy atom. The van der Waals surface area contributed by atoms with E-state index in [9.17, 15) is 18.4 Å². The number of rotatable bonds is 3. The van der Waals surface area contributed by atoms with Gasteiger partial charge in [0.2, 0.25) is 11.8 Å². The van der Waals surface area contributed by atoms with Crippen LogP contribution in [0, 0.1) is 5.92 Å². The van der Waals surface area contributed by atoms with Crippen LogP contribution in [0.3, 0.4) is 0 Å². The number of nitrogens with one attached hydrogen (secondary N) is 1. The van der Waals surface area contributed by atoms with Crippen molar-refractivity contribution in [3.8, 4) is 0 Å². The Balaban J connectivity index is 1.38. The molecule has 0 unspecified atom stereocenters. The molecule has 4 rings (SSSR count). The molecule has 6 nitrogen and oxygen atoms in total. The Labute approximate surface area is 163 Å². The van der Waals surface area contributed by atoms with Gasteiger partial charge >= 0.3 is 0 Å². The first-order valence-corrected chi connectivity index (χ1v) is 9.76. The number of halogens is 2. The number of hydrogen-bond acceptors (Lipinski definition) is 4. The smallest absolute Gasteiger partial charge is 0.255 e. The first-order valence-electron chi connectivity index (χ1n) is 9.76. The van der Waals surface area contributed by atoms with Crippen LogP contribution >= 0.6 is 0 Å². The van der Waals surface area contributed by atoms with Gasteiger partial charge in [-0.15, -0.1) is 0 Å². The average Bonchev–Trinajstić information content (AvgIpc) is 3.19. The molecule has 28 heavy (non-hydrogen) atoms. The molecule has 0 bridgehead atoms. The van der Waals surface area contributed by atoms with E-state index in [2.05, 4.69) is 24.1 Å². The molecule has 1 atom stereocenters. The third-order valence-electron chi connectivity index (χ3n) is 6.09. The van der Waals surface area contributed by atoms with Crippen molar-refractivity contribution >= 4 is 17.6 Å². The number of amides is 2. The van der Waals surface area contributed by atoms with Gasteiger partial charge in [-0.3, -0.25) is 9.59 Å². The van der Waals surface area contributed by atoms with E-state index in [1.165, 1.54) is 0 Å². The van der Waals surface area contributed by atoms with Gasteiger partial charge in [0.15, 0.2) is 0 Å². The molecule has 1 aliphatic carbocycles. The quantitative estimate of drug-likeness (QED) is 0.859. The van der Waals surface area contributed by atoms with Crippen LogP contribution in [0.1, 0.15) is 49.0 Å². The van der Waals surface area contributed by atoms with E-state index in [1.54, 1.807) is 23.0 Å². The lowest BCUT2D eigenvalue weighted by molar-refractivity contribution is -0.160. The van der Waals surface area contributed by atoms with Gasteiger partial charge in [0.1, 0.15) is 5.82 Å². The molecule has 1 N–H and O–H groups in total. The zero-order valence-corrected chi connectivity index (χ0v) is 16.5. The number of hydrogen-bond donors (Lipinski definition) is 1. The minimum atomic E-state index is -2.71. The summed E-state index contributed by atoms with van der Waals surface area (Å²) in [5.41, 5.74) is 1.51. The normalized spacial score (nSPS) is 25.0. The number of fused-ring (bicyclic) bond motifs is 1. The number of nitrogens with zero attached hydrogens (tertiary/aromatic N) is 3. The monoisotopic (exact) mass is 392 g/mol. The molecule has 8 heteroatoms. The summed E-state index contributed by atoms with van der Waals surface area (Å²) in [4.78, 5) is 33.0. The molecule has 1 saturated heterocycles. The zero-order valence-electron chi connectivity index (χ0n) is 16.5. The van der Waals surface area contributed by atoms with Gasteiger partial charge in [0.05, 0.1) is 11.6 Å². The lowest BCUT2D eigenvalue weighted by Crippen LogP contribution is -2.49. The number of alkyl halides is 2. The fourth-order valence-corrected chi connectivity index (χ4v) is 4.44. The number of aromatic nitrogens is 1. The molecule has 152 valence electrons. The highest BCUT2D eigenvalue weighted by molar-refractivity contribution is 5.95. The molecule has 0 spiro atoms. The van der Waals surface area contributed by atoms with E-state index >= 15 is 0 Å². The third kappa shape index (κ3) is 3.44. The van der Waals surface area contributed by atoms with E-state index in [1.807, 2.05) is 6.07 Å². The molecule has 1 aromatic heterocycles. The Morgan fingerprint density at radius 2 is 2.04 bits per heavy atom. The number of pyridine rings is 1. The van der Waals surface area contributed by atoms with Gasteiger partial charge in [-0.05, 0) is 38.3 Å². The van der Waals surface area contributed by atoms with Crippen molar-refractivity contribution in [3.05, 3.63) is 23.4 Å². The van der Waals surface area contributed by atoms with Gasteiger partial charge in [0.25, 0.3) is 5.91 Å². The number of likely N-dealkylation sites (N-methyl/N-ethyl adjacent to an activating group) is 1. The minimum absolute atomic E-state index is 0.0723. The van der Waals surface area contributed by atoms with E-state index in [0.29, 0.717) is 25.1 Å². The standard InChI is InChI=1S/C20H26F2N4O2/c1-19(2)7-12-6-13(10-23-16(12)24-19)18(28)26-5-4-15(11-26)25(3)17(27)14-8-20(21,22)9-14/h6,10,14-15H,4-5,7-9,11H2,1-3H3,(H,23,24)/t15-/m0/s1. The SMILES string of the molecule is CN(C(=O)C1CC(F)(F)C1)[C@H]1CCN(C(=O)c2cnc3c(c2)CC(C)(C)N3)C1. The lowest BCUT2D eigenvalue weighted by atomic mass is 9.80. The molecule has 3 aliphatic rings. The predicted octanol–water partition coefficient (Wildman–Crippen LogP) is 2.55. The van der Waals surface area contributed by atoms with Crippen molar-refractivity contribution in [3.63, 3.8) is 0 Å². The highest BCUT2D eigenvalue weighted by Crippen LogP contribution is 2.43. The van der Waals surface area contributed by atoms with Crippen molar-refractivity contribution < 1.29 is 18.4 Å². The lowest BCUT2D eigenvalue weighted by Gasteiger charge is -2.37. The third-order valence-corrected chi connectivity index (χ3v) is 6.09. The Morgan fingerprint density at radius 1 is 1.32 bits per heavy atom. The van der Waals surface area contributed by atoms with Crippen molar-refractivity contribution in [1.29, 1.82) is 0 Å². The summed E-state index contributed by atoms with van der Waals surface area (Å²) < 4.78 is 26.1. The number of anilines is 1. The topological polar surface area (TPSA) is 65.5 Å². The largest absolute Gasteiger partial charge is 0.365 e. The molecule has 3 heterocycles. The van der Waals surface area contributed by atoms with Crippen LogP contribution in [0.4, 0.5) is 14.6 Å². The minimum Gasteiger partial charge on any atom is -0.365 e. The van der Waals surface area contributed by atoms with Crippen molar-refractivity contribution in [2.75, 3.05) is 25.5 Å². The van der Waals surface area contributed by atoms with Gasteiger partial charge in [-0.1, -0.05) is 0 Å². The Kier molecular flexibility index (Phi) is 4.35. The van der Waals surface area contributed by atoms with Crippen LogP contribution < -0.4 is 5.32 Å². The molecule has 0 radical (unpaired) electrons. The van der Waals surface area contributed by atoms with Gasteiger partial charge in [-0.2, -0.15) is 0 Å². The summed E-state index contributed by atoms with van der Waals surface area (Å²) in [6.45, 7) is 5.14. The molecule has 0 aromatic carbocycles. The van der Waals surface area contributed by atoms with Gasteiger partial charge < -0.3 is 15.1 Å². The maximum atomic E-state index is 13.1. The van der Waals surface area contributed by atoms with E-state index in [0.717, 1.165) is 17.8 Å². The maximum Gasteiger partial charge on any atom is 0.255 e. The second-order valence-electron chi connectivity index (χ2n) is 9.02. The highest BCUT2D eigenvalue weighted by atomic mass is 19.3. The Hall–Kier alpha value is -2.25. The van der Waals surface area contributed by atoms with Crippen molar-refractivity contribution in [2.24, 2.45) is 5.92 Å². The molecule has 1 saturated carbocycles. The fraction of sp³-hybridized carbons (Fsp3) is 0.650. The second kappa shape index (κ2) is 6.39. The summed E-state index contributed by atoms with van der Waals surface area (Å²) in [5.74, 6) is -2.82. The second-order valence-corrected chi connectivity index (χ2v) is 9.02. The summed E-state index contributed by atoms with van der Waals surface area (Å²) in [5, 5.41) is 3.34. The zero-order chi connectivity index (χ0) is 20.3. The molecule has 2 aliphatic heterocycles. The van der Waals surface area contributed by atoms with E-state index in [4.69, 9.17) is 0 Å². The van der Waals surface area contributed by atoms with Crippen LogP contribution in [0.25, 0.3) is 0 Å². The van der Waals surface area contributed by atoms with Crippen LogP contribution in [0.15, 0.2) is 12.3 Å². The van der Waals surface area contributed by atoms with Crippen molar-refractivity contribution in [1.82, 2.24) is 14.8 Å². The van der Waals surface area contributed by atoms with Crippen LogP contribution in [-0.2, 0) is 11.2 Å². The fourth-order valence-electron chi connectivity index (χ4n) is 4.44. The van der Waals surface area contributed by atoms with Crippen LogP contribution in [0.2, 0.25) is 0 Å². The van der Waals surface area contributed by atoms with Gasteiger partial charge in [0, 0.05) is 50.6 Å². The predicted molar refractivity (Wildman–Crippen MR) is 100 cm³/mol. The first kappa shape index (κ1) is 19.1. The van der Waals surface area contributed by atoms with E-state index in [-0.39, 0.29) is 36.2 Å².